The molecule has 0 aliphatic rings. The average Bonchev–Trinajstić information content (AvgIpc) is 3.02. The topological polar surface area (TPSA) is 173 Å². The fourth-order valence-corrected chi connectivity index (χ4v) is 6.25. The second-order valence-electron chi connectivity index (χ2n) is 11.2. The van der Waals surface area contributed by atoms with Crippen molar-refractivity contribution in [3.8, 4) is 34.5 Å². The van der Waals surface area contributed by atoms with E-state index < -0.39 is 41.5 Å². The van der Waals surface area contributed by atoms with Crippen LogP contribution in [0.15, 0.2) is 94.7 Å². The summed E-state index contributed by atoms with van der Waals surface area (Å²) in [4.78, 5) is -1.48. The molecular formula is C36H42CaO10S2. The third-order valence-electron chi connectivity index (χ3n) is 7.35. The Bertz CT molecular complexity index is 1680. The Morgan fingerprint density at radius 3 is 1.45 bits per heavy atom. The first-order chi connectivity index (χ1) is 22.8. The molecule has 0 spiro atoms. The molecule has 10 nitrogen and oxygen atoms in total. The molecule has 0 saturated carbocycles. The molecule has 2 N–H and O–H groups in total. The number of phenols is 1. The van der Waals surface area contributed by atoms with Crippen molar-refractivity contribution in [2.45, 2.75) is 87.8 Å². The van der Waals surface area contributed by atoms with Gasteiger partial charge in [0.15, 0.2) is 10.6 Å². The molecule has 0 heterocycles. The number of hydrogen-bond acceptors (Lipinski definition) is 9. The van der Waals surface area contributed by atoms with Gasteiger partial charge in [-0.1, -0.05) is 101 Å². The van der Waals surface area contributed by atoms with E-state index in [1.807, 2.05) is 24.3 Å². The largest absolute Gasteiger partial charge is 2.00 e. The van der Waals surface area contributed by atoms with E-state index >= 15 is 0 Å². The molecule has 0 fully saturated rings. The summed E-state index contributed by atoms with van der Waals surface area (Å²) in [6.45, 7) is 4.34. The Morgan fingerprint density at radius 2 is 1.04 bits per heavy atom. The van der Waals surface area contributed by atoms with Gasteiger partial charge in [-0.3, -0.25) is 4.55 Å². The van der Waals surface area contributed by atoms with Crippen LogP contribution in [0.2, 0.25) is 0 Å². The van der Waals surface area contributed by atoms with Gasteiger partial charge in [-0.05, 0) is 79.3 Å². The number of hydrogen-bond donors (Lipinski definition) is 2. The predicted molar refractivity (Wildman–Crippen MR) is 186 cm³/mol. The first kappa shape index (κ1) is 42.3. The molecule has 49 heavy (non-hydrogen) atoms. The van der Waals surface area contributed by atoms with Crippen molar-refractivity contribution < 1.29 is 45.6 Å². The normalized spacial score (nSPS) is 11.2. The molecule has 0 aliphatic heterocycles. The number of rotatable bonds is 16. The van der Waals surface area contributed by atoms with Gasteiger partial charge in [0, 0.05) is 0 Å². The summed E-state index contributed by atoms with van der Waals surface area (Å²) in [7, 11) is -9.48. The van der Waals surface area contributed by atoms with E-state index in [9.17, 15) is 36.2 Å². The van der Waals surface area contributed by atoms with Crippen LogP contribution in [0.5, 0.6) is 34.5 Å². The van der Waals surface area contributed by atoms with Gasteiger partial charge in [0.25, 0.3) is 0 Å². The Labute approximate surface area is 319 Å². The summed E-state index contributed by atoms with van der Waals surface area (Å²) in [5.41, 5.74) is 2.34. The van der Waals surface area contributed by atoms with Crippen LogP contribution in [-0.2, 0) is 33.1 Å². The van der Waals surface area contributed by atoms with Crippen molar-refractivity contribution in [3.63, 3.8) is 0 Å². The molecule has 0 atom stereocenters. The fraction of sp³-hybridized carbons (Fsp3) is 0.333. The van der Waals surface area contributed by atoms with Gasteiger partial charge >= 0.3 is 47.9 Å². The van der Waals surface area contributed by atoms with Crippen molar-refractivity contribution in [3.05, 3.63) is 96.1 Å². The van der Waals surface area contributed by atoms with Crippen molar-refractivity contribution in [1.29, 1.82) is 0 Å². The summed E-state index contributed by atoms with van der Waals surface area (Å²) in [6.07, 6.45) is 11.4. The Kier molecular flexibility index (Phi) is 17.9. The summed E-state index contributed by atoms with van der Waals surface area (Å²) in [5, 5.41) is 21.3. The molecule has 4 aromatic rings. The number of aryl methyl sites for hydroxylation is 2. The van der Waals surface area contributed by atoms with Crippen LogP contribution in [0.1, 0.15) is 76.3 Å². The van der Waals surface area contributed by atoms with Gasteiger partial charge in [-0.2, -0.15) is 8.42 Å². The second kappa shape index (κ2) is 20.7. The van der Waals surface area contributed by atoms with Crippen molar-refractivity contribution in [2.24, 2.45) is 0 Å². The second-order valence-corrected chi connectivity index (χ2v) is 13.9. The number of ether oxygens (including phenoxy) is 2. The molecule has 0 aromatic heterocycles. The van der Waals surface area contributed by atoms with Crippen LogP contribution in [0.25, 0.3) is 0 Å². The minimum atomic E-state index is -4.90. The molecule has 13 heteroatoms. The Hall–Kier alpha value is -2.84. The van der Waals surface area contributed by atoms with Gasteiger partial charge in [0.2, 0.25) is 0 Å². The van der Waals surface area contributed by atoms with Crippen LogP contribution in [0, 0.1) is 0 Å². The minimum Gasteiger partial charge on any atom is -0.872 e. The van der Waals surface area contributed by atoms with E-state index in [1.54, 1.807) is 24.3 Å². The first-order valence-corrected chi connectivity index (χ1v) is 18.8. The fourth-order valence-electron chi connectivity index (χ4n) is 4.88. The van der Waals surface area contributed by atoms with Crippen LogP contribution < -0.4 is 14.6 Å². The molecular weight excluding hydrogens is 697 g/mol. The predicted octanol–water partition coefficient (Wildman–Crippen LogP) is 7.75. The van der Waals surface area contributed by atoms with E-state index in [-0.39, 0.29) is 49.2 Å². The molecule has 4 aromatic carbocycles. The maximum absolute atomic E-state index is 11.6. The maximum atomic E-state index is 11.6. The zero-order valence-corrected chi connectivity index (χ0v) is 31.7. The van der Waals surface area contributed by atoms with E-state index in [0.29, 0.717) is 11.5 Å². The molecule has 0 radical (unpaired) electrons. The Morgan fingerprint density at radius 1 is 0.612 bits per heavy atom. The molecule has 0 aliphatic carbocycles. The third kappa shape index (κ3) is 14.1. The van der Waals surface area contributed by atoms with E-state index in [4.69, 9.17) is 9.47 Å². The molecule has 0 saturated heterocycles. The molecule has 4 rings (SSSR count). The van der Waals surface area contributed by atoms with E-state index in [0.717, 1.165) is 37.3 Å². The van der Waals surface area contributed by atoms with Crippen molar-refractivity contribution in [2.75, 3.05) is 0 Å². The first-order valence-electron chi connectivity index (χ1n) is 15.9. The summed E-state index contributed by atoms with van der Waals surface area (Å²) in [6, 6.07) is 22.2. The van der Waals surface area contributed by atoms with Crippen LogP contribution in [-0.4, -0.2) is 68.8 Å². The monoisotopic (exact) mass is 738 g/mol. The molecule has 260 valence electrons. The summed E-state index contributed by atoms with van der Waals surface area (Å²) < 4.78 is 76.8. The number of unbranched alkanes of at least 4 members (excludes halogenated alkanes) is 6. The average molecular weight is 739 g/mol. The van der Waals surface area contributed by atoms with E-state index in [2.05, 4.69) is 13.8 Å². The van der Waals surface area contributed by atoms with Gasteiger partial charge in [-0.25, -0.2) is 8.42 Å². The zero-order valence-electron chi connectivity index (χ0n) is 27.8. The molecule has 0 amide bonds. The summed E-state index contributed by atoms with van der Waals surface area (Å²) >= 11 is 0. The van der Waals surface area contributed by atoms with Crippen LogP contribution >= 0.6 is 0 Å². The number of phenolic OH excluding ortho intramolecular Hbond substituents is 1. The standard InChI is InChI=1S/2C18H22O5S.Ca/c2*1-2-3-4-5-7-14-10-12-15(13-11-14)23-17-9-6-8-16(19)18(17)24(20,21)22;/h2*6,8-13,19H,2-5,7H2,1H3,(H,20,21,22);/q;;+2/p-2. The van der Waals surface area contributed by atoms with Crippen molar-refractivity contribution >= 4 is 58.0 Å². The zero-order chi connectivity index (χ0) is 35.2. The van der Waals surface area contributed by atoms with Gasteiger partial charge in [-0.15, -0.1) is 0 Å². The smallest absolute Gasteiger partial charge is 0.872 e. The van der Waals surface area contributed by atoms with Crippen LogP contribution in [0.3, 0.4) is 0 Å². The summed E-state index contributed by atoms with van der Waals surface area (Å²) in [5.74, 6) is -0.968. The van der Waals surface area contributed by atoms with Gasteiger partial charge in [0.1, 0.15) is 33.1 Å². The minimum absolute atomic E-state index is 0. The maximum Gasteiger partial charge on any atom is 2.00 e. The Balaban J connectivity index is 0.000000333. The molecule has 0 bridgehead atoms. The number of aromatic hydroxyl groups is 1. The van der Waals surface area contributed by atoms with Crippen LogP contribution in [0.4, 0.5) is 0 Å². The van der Waals surface area contributed by atoms with E-state index in [1.165, 1.54) is 74.4 Å². The molecule has 0 unspecified atom stereocenters. The number of benzene rings is 4. The van der Waals surface area contributed by atoms with Crippen molar-refractivity contribution in [1.82, 2.24) is 0 Å². The third-order valence-corrected chi connectivity index (χ3v) is 9.18. The van der Waals surface area contributed by atoms with Gasteiger partial charge < -0.3 is 24.2 Å². The quantitative estimate of drug-likeness (QED) is 0.0657. The SMILES string of the molecule is CCCCCCc1ccc(Oc2cccc(O)c2S(=O)(=O)O)cc1.CCCCCCc1ccc(Oc2cccc([O-])c2S(=O)(=O)[O-])cc1.[Ca+2]. The van der Waals surface area contributed by atoms with Gasteiger partial charge in [0.05, 0.1) is 4.90 Å².